The molecule has 122 valence electrons. The number of benzene rings is 1. The van der Waals surface area contributed by atoms with Crippen LogP contribution in [0.5, 0.6) is 0 Å². The Morgan fingerprint density at radius 3 is 2.67 bits per heavy atom. The molecule has 1 aromatic carbocycles. The number of nitriles is 1. The first kappa shape index (κ1) is 15.9. The zero-order valence-electron chi connectivity index (χ0n) is 13.6. The molecule has 24 heavy (non-hydrogen) atoms. The molecule has 6 nitrogen and oxygen atoms in total. The number of anilines is 2. The molecular weight excluding hydrogens is 302 g/mol. The van der Waals surface area contributed by atoms with E-state index in [0.717, 1.165) is 37.7 Å². The molecule has 0 bridgehead atoms. The first-order chi connectivity index (χ1) is 11.7. The van der Waals surface area contributed by atoms with Crippen LogP contribution in [0.3, 0.4) is 0 Å². The summed E-state index contributed by atoms with van der Waals surface area (Å²) in [5, 5.41) is 11.8. The van der Waals surface area contributed by atoms with Gasteiger partial charge in [0.15, 0.2) is 0 Å². The second-order valence-corrected chi connectivity index (χ2v) is 6.04. The fraction of sp³-hybridized carbons (Fsp3) is 0.333. The molecule has 1 aromatic heterocycles. The Kier molecular flexibility index (Phi) is 4.71. The van der Waals surface area contributed by atoms with Crippen molar-refractivity contribution in [2.75, 3.05) is 23.3 Å². The first-order valence-corrected chi connectivity index (χ1v) is 8.05. The van der Waals surface area contributed by atoms with Crippen LogP contribution in [0.1, 0.15) is 35.8 Å². The molecule has 2 heterocycles. The van der Waals surface area contributed by atoms with Crippen molar-refractivity contribution in [3.05, 3.63) is 47.9 Å². The van der Waals surface area contributed by atoms with Crippen LogP contribution in [0.4, 0.5) is 11.5 Å². The smallest absolute Gasteiger partial charge is 0.275 e. The topological polar surface area (TPSA) is 81.9 Å². The molecule has 0 radical (unpaired) electrons. The van der Waals surface area contributed by atoms with Crippen molar-refractivity contribution in [2.24, 2.45) is 5.92 Å². The van der Waals surface area contributed by atoms with E-state index in [2.05, 4.69) is 33.2 Å². The maximum absolute atomic E-state index is 12.3. The second-order valence-electron chi connectivity index (χ2n) is 6.04. The minimum absolute atomic E-state index is 0.233. The summed E-state index contributed by atoms with van der Waals surface area (Å²) in [6.07, 6.45) is 5.42. The average molecular weight is 321 g/mol. The number of aromatic nitrogens is 2. The summed E-state index contributed by atoms with van der Waals surface area (Å²) in [6.45, 7) is 4.20. The molecule has 0 unspecified atom stereocenters. The Morgan fingerprint density at radius 2 is 2.00 bits per heavy atom. The number of para-hydroxylation sites is 1. The van der Waals surface area contributed by atoms with Gasteiger partial charge in [-0.05, 0) is 30.9 Å². The van der Waals surface area contributed by atoms with Crippen LogP contribution in [0.2, 0.25) is 0 Å². The minimum Gasteiger partial charge on any atom is -0.355 e. The molecule has 2 aromatic rings. The highest BCUT2D eigenvalue weighted by Gasteiger charge is 2.18. The fourth-order valence-electron chi connectivity index (χ4n) is 2.72. The van der Waals surface area contributed by atoms with Gasteiger partial charge in [-0.25, -0.2) is 9.97 Å². The first-order valence-electron chi connectivity index (χ1n) is 8.05. The summed E-state index contributed by atoms with van der Waals surface area (Å²) < 4.78 is 0. The number of rotatable bonds is 3. The van der Waals surface area contributed by atoms with E-state index in [9.17, 15) is 4.79 Å². The Hall–Kier alpha value is -2.94. The van der Waals surface area contributed by atoms with E-state index in [1.165, 1.54) is 6.20 Å². The van der Waals surface area contributed by atoms with Crippen LogP contribution < -0.4 is 10.2 Å². The summed E-state index contributed by atoms with van der Waals surface area (Å²) in [7, 11) is 0. The lowest BCUT2D eigenvalue weighted by Gasteiger charge is -2.30. The summed E-state index contributed by atoms with van der Waals surface area (Å²) >= 11 is 0. The van der Waals surface area contributed by atoms with Crippen LogP contribution in [0.25, 0.3) is 0 Å². The van der Waals surface area contributed by atoms with Crippen LogP contribution >= 0.6 is 0 Å². The molecule has 1 amide bonds. The third-order valence-corrected chi connectivity index (χ3v) is 4.27. The Labute approximate surface area is 141 Å². The van der Waals surface area contributed by atoms with Crippen molar-refractivity contribution < 1.29 is 4.79 Å². The number of hydrogen-bond acceptors (Lipinski definition) is 5. The summed E-state index contributed by atoms with van der Waals surface area (Å²) in [4.78, 5) is 23.1. The van der Waals surface area contributed by atoms with E-state index < -0.39 is 0 Å². The number of amides is 1. The van der Waals surface area contributed by atoms with Gasteiger partial charge in [-0.1, -0.05) is 19.1 Å². The highest BCUT2D eigenvalue weighted by atomic mass is 16.1. The van der Waals surface area contributed by atoms with Crippen molar-refractivity contribution >= 4 is 17.4 Å². The van der Waals surface area contributed by atoms with Crippen LogP contribution in [0, 0.1) is 17.2 Å². The monoisotopic (exact) mass is 321 g/mol. The minimum atomic E-state index is -0.371. The SMILES string of the molecule is CC1CCN(c2cnc(C(=O)Nc3ccccc3C#N)cn2)CC1. The average Bonchev–Trinajstić information content (AvgIpc) is 2.63. The van der Waals surface area contributed by atoms with Gasteiger partial charge in [-0.15, -0.1) is 0 Å². The van der Waals surface area contributed by atoms with Crippen molar-refractivity contribution in [2.45, 2.75) is 19.8 Å². The number of nitrogens with zero attached hydrogens (tertiary/aromatic N) is 4. The third kappa shape index (κ3) is 3.51. The van der Waals surface area contributed by atoms with Gasteiger partial charge in [0, 0.05) is 13.1 Å². The number of hydrogen-bond donors (Lipinski definition) is 1. The van der Waals surface area contributed by atoms with Gasteiger partial charge in [0.25, 0.3) is 5.91 Å². The Morgan fingerprint density at radius 1 is 1.25 bits per heavy atom. The molecule has 1 aliphatic rings. The third-order valence-electron chi connectivity index (χ3n) is 4.27. The molecule has 0 aliphatic carbocycles. The lowest BCUT2D eigenvalue weighted by molar-refractivity contribution is 0.102. The molecule has 1 aliphatic heterocycles. The number of piperidine rings is 1. The lowest BCUT2D eigenvalue weighted by atomic mass is 9.99. The highest BCUT2D eigenvalue weighted by Crippen LogP contribution is 2.21. The molecule has 1 N–H and O–H groups in total. The maximum atomic E-state index is 12.3. The summed E-state index contributed by atoms with van der Waals surface area (Å²) in [5.41, 5.74) is 1.12. The molecule has 0 spiro atoms. The second kappa shape index (κ2) is 7.09. The molecule has 3 rings (SSSR count). The molecule has 0 saturated carbocycles. The molecule has 6 heteroatoms. The van der Waals surface area contributed by atoms with Crippen molar-refractivity contribution in [3.63, 3.8) is 0 Å². The van der Waals surface area contributed by atoms with E-state index in [0.29, 0.717) is 11.3 Å². The number of carbonyl (C=O) groups is 1. The van der Waals surface area contributed by atoms with Gasteiger partial charge in [-0.3, -0.25) is 4.79 Å². The summed E-state index contributed by atoms with van der Waals surface area (Å²) in [5.74, 6) is 1.18. The molecule has 1 fully saturated rings. The quantitative estimate of drug-likeness (QED) is 0.940. The van der Waals surface area contributed by atoms with Gasteiger partial charge in [0.2, 0.25) is 0 Å². The fourth-order valence-corrected chi connectivity index (χ4v) is 2.72. The van der Waals surface area contributed by atoms with E-state index in [4.69, 9.17) is 5.26 Å². The Balaban J connectivity index is 1.69. The van der Waals surface area contributed by atoms with Crippen molar-refractivity contribution in [1.82, 2.24) is 9.97 Å². The van der Waals surface area contributed by atoms with Crippen molar-refractivity contribution in [3.8, 4) is 6.07 Å². The standard InChI is InChI=1S/C18H19N5O/c1-13-6-8-23(9-7-13)17-12-20-16(11-21-17)18(24)22-15-5-3-2-4-14(15)10-19/h2-5,11-13H,6-9H2,1H3,(H,22,24). The van der Waals surface area contributed by atoms with Gasteiger partial charge in [0.05, 0.1) is 23.6 Å². The maximum Gasteiger partial charge on any atom is 0.275 e. The predicted molar refractivity (Wildman–Crippen MR) is 91.8 cm³/mol. The zero-order valence-corrected chi connectivity index (χ0v) is 13.6. The van der Waals surface area contributed by atoms with E-state index >= 15 is 0 Å². The lowest BCUT2D eigenvalue weighted by Crippen LogP contribution is -2.33. The normalized spacial score (nSPS) is 14.9. The largest absolute Gasteiger partial charge is 0.355 e. The van der Waals surface area contributed by atoms with Crippen LogP contribution in [0.15, 0.2) is 36.7 Å². The Bertz CT molecular complexity index is 758. The van der Waals surface area contributed by atoms with Gasteiger partial charge in [0.1, 0.15) is 17.6 Å². The van der Waals surface area contributed by atoms with Crippen molar-refractivity contribution in [1.29, 1.82) is 5.26 Å². The zero-order chi connectivity index (χ0) is 16.9. The summed E-state index contributed by atoms with van der Waals surface area (Å²) in [6, 6.07) is 8.91. The highest BCUT2D eigenvalue weighted by molar-refractivity contribution is 6.03. The molecule has 0 atom stereocenters. The van der Waals surface area contributed by atoms with Gasteiger partial charge >= 0.3 is 0 Å². The van der Waals surface area contributed by atoms with Gasteiger partial charge in [-0.2, -0.15) is 5.26 Å². The molecular formula is C18H19N5O. The molecule has 1 saturated heterocycles. The number of nitrogens with one attached hydrogen (secondary N) is 1. The van der Waals surface area contributed by atoms with Gasteiger partial charge < -0.3 is 10.2 Å². The number of carbonyl (C=O) groups excluding carboxylic acids is 1. The predicted octanol–water partition coefficient (Wildman–Crippen LogP) is 2.84. The van der Waals surface area contributed by atoms with E-state index in [1.807, 2.05) is 0 Å². The van der Waals surface area contributed by atoms with Crippen LogP contribution in [-0.2, 0) is 0 Å². The van der Waals surface area contributed by atoms with E-state index in [1.54, 1.807) is 30.5 Å². The van der Waals surface area contributed by atoms with Crippen LogP contribution in [-0.4, -0.2) is 29.0 Å². The van der Waals surface area contributed by atoms with E-state index in [-0.39, 0.29) is 11.6 Å².